The monoisotopic (exact) mass is 276 g/mol. The van der Waals surface area contributed by atoms with E-state index in [-0.39, 0.29) is 5.82 Å². The van der Waals surface area contributed by atoms with Crippen molar-refractivity contribution in [2.24, 2.45) is 0 Å². The maximum absolute atomic E-state index is 13.9. The maximum Gasteiger partial charge on any atom is 0.137 e. The van der Waals surface area contributed by atoms with Crippen molar-refractivity contribution in [1.82, 2.24) is 9.38 Å². The Balaban J connectivity index is 2.14. The van der Waals surface area contributed by atoms with Gasteiger partial charge >= 0.3 is 0 Å². The lowest BCUT2D eigenvalue weighted by Gasteiger charge is -1.99. The number of aromatic nitrogens is 2. The van der Waals surface area contributed by atoms with Gasteiger partial charge in [-0.25, -0.2) is 9.37 Å². The SMILES string of the molecule is COc1ccc2nc(-c3ccc(Cl)cc3F)cn2c1. The quantitative estimate of drug-likeness (QED) is 0.712. The molecule has 0 atom stereocenters. The second kappa shape index (κ2) is 4.55. The number of methoxy groups -OCH3 is 1. The number of ether oxygens (including phenoxy) is 1. The van der Waals surface area contributed by atoms with E-state index in [4.69, 9.17) is 16.3 Å². The number of halogens is 2. The molecule has 0 radical (unpaired) electrons. The van der Waals surface area contributed by atoms with E-state index in [9.17, 15) is 4.39 Å². The Morgan fingerprint density at radius 3 is 2.79 bits per heavy atom. The zero-order valence-electron chi connectivity index (χ0n) is 10.1. The second-order valence-electron chi connectivity index (χ2n) is 4.08. The first-order chi connectivity index (χ1) is 9.17. The maximum atomic E-state index is 13.9. The van der Waals surface area contributed by atoms with Gasteiger partial charge in [0.15, 0.2) is 0 Å². The molecule has 0 bridgehead atoms. The molecule has 0 aliphatic rings. The Labute approximate surface area is 114 Å². The predicted octanol–water partition coefficient (Wildman–Crippen LogP) is 3.80. The Hall–Kier alpha value is -2.07. The lowest BCUT2D eigenvalue weighted by molar-refractivity contribution is 0.412. The van der Waals surface area contributed by atoms with Crippen LogP contribution in [-0.4, -0.2) is 16.5 Å². The van der Waals surface area contributed by atoms with Crippen LogP contribution in [0.1, 0.15) is 0 Å². The van der Waals surface area contributed by atoms with Gasteiger partial charge in [-0.05, 0) is 30.3 Å². The van der Waals surface area contributed by atoms with Crippen molar-refractivity contribution in [1.29, 1.82) is 0 Å². The lowest BCUT2D eigenvalue weighted by Crippen LogP contribution is -1.86. The molecule has 0 aliphatic carbocycles. The predicted molar refractivity (Wildman–Crippen MR) is 72.1 cm³/mol. The van der Waals surface area contributed by atoms with Crippen LogP contribution in [0.2, 0.25) is 5.02 Å². The Morgan fingerprint density at radius 1 is 1.21 bits per heavy atom. The first-order valence-electron chi connectivity index (χ1n) is 5.65. The number of rotatable bonds is 2. The van der Waals surface area contributed by atoms with E-state index < -0.39 is 0 Å². The van der Waals surface area contributed by atoms with Crippen LogP contribution >= 0.6 is 11.6 Å². The number of hydrogen-bond acceptors (Lipinski definition) is 2. The normalized spacial score (nSPS) is 10.9. The molecule has 3 aromatic rings. The largest absolute Gasteiger partial charge is 0.495 e. The van der Waals surface area contributed by atoms with Crippen molar-refractivity contribution in [3.05, 3.63) is 53.6 Å². The number of pyridine rings is 1. The van der Waals surface area contributed by atoms with Crippen LogP contribution in [0.3, 0.4) is 0 Å². The molecule has 0 unspecified atom stereocenters. The van der Waals surface area contributed by atoms with Crippen molar-refractivity contribution < 1.29 is 9.13 Å². The Morgan fingerprint density at radius 2 is 2.05 bits per heavy atom. The number of fused-ring (bicyclic) bond motifs is 1. The molecular weight excluding hydrogens is 267 g/mol. The highest BCUT2D eigenvalue weighted by molar-refractivity contribution is 6.30. The van der Waals surface area contributed by atoms with Crippen LogP contribution < -0.4 is 4.74 Å². The van der Waals surface area contributed by atoms with Crippen molar-refractivity contribution >= 4 is 17.2 Å². The molecule has 0 N–H and O–H groups in total. The van der Waals surface area contributed by atoms with Gasteiger partial charge in [0.05, 0.1) is 19.0 Å². The Kier molecular flexibility index (Phi) is 2.87. The lowest BCUT2D eigenvalue weighted by atomic mass is 10.1. The molecule has 2 aromatic heterocycles. The molecule has 19 heavy (non-hydrogen) atoms. The molecule has 0 saturated heterocycles. The van der Waals surface area contributed by atoms with E-state index >= 15 is 0 Å². The number of imidazole rings is 1. The van der Waals surface area contributed by atoms with E-state index in [2.05, 4.69) is 4.98 Å². The number of hydrogen-bond donors (Lipinski definition) is 0. The summed E-state index contributed by atoms with van der Waals surface area (Å²) in [5.74, 6) is 0.330. The van der Waals surface area contributed by atoms with Crippen LogP contribution in [0, 0.1) is 5.82 Å². The zero-order valence-corrected chi connectivity index (χ0v) is 10.9. The number of benzene rings is 1. The van der Waals surface area contributed by atoms with Crippen LogP contribution in [-0.2, 0) is 0 Å². The van der Waals surface area contributed by atoms with Gasteiger partial charge in [-0.2, -0.15) is 0 Å². The minimum Gasteiger partial charge on any atom is -0.495 e. The number of nitrogens with zero attached hydrogens (tertiary/aromatic N) is 2. The van der Waals surface area contributed by atoms with E-state index in [0.717, 1.165) is 5.65 Å². The third-order valence-electron chi connectivity index (χ3n) is 2.87. The summed E-state index contributed by atoms with van der Waals surface area (Å²) in [6, 6.07) is 8.17. The van der Waals surface area contributed by atoms with Crippen LogP contribution in [0.25, 0.3) is 16.9 Å². The molecule has 96 valence electrons. The molecule has 1 aromatic carbocycles. The second-order valence-corrected chi connectivity index (χ2v) is 4.52. The van der Waals surface area contributed by atoms with E-state index in [1.165, 1.54) is 6.07 Å². The summed E-state index contributed by atoms with van der Waals surface area (Å²) < 4.78 is 20.8. The van der Waals surface area contributed by atoms with Crippen LogP contribution in [0.4, 0.5) is 4.39 Å². The van der Waals surface area contributed by atoms with E-state index in [1.807, 2.05) is 12.1 Å². The fourth-order valence-corrected chi connectivity index (χ4v) is 2.08. The van der Waals surface area contributed by atoms with Crippen molar-refractivity contribution in [3.8, 4) is 17.0 Å². The minimum atomic E-state index is -0.386. The molecular formula is C14H10ClFN2O. The summed E-state index contributed by atoms with van der Waals surface area (Å²) in [6.45, 7) is 0. The Bertz CT molecular complexity index is 754. The molecule has 2 heterocycles. The highest BCUT2D eigenvalue weighted by Crippen LogP contribution is 2.25. The first kappa shape index (κ1) is 12.0. The topological polar surface area (TPSA) is 26.5 Å². The van der Waals surface area contributed by atoms with Gasteiger partial charge in [-0.3, -0.25) is 0 Å². The molecule has 0 saturated carbocycles. The highest BCUT2D eigenvalue weighted by Gasteiger charge is 2.10. The molecule has 5 heteroatoms. The van der Waals surface area contributed by atoms with E-state index in [1.54, 1.807) is 36.0 Å². The average Bonchev–Trinajstić information content (AvgIpc) is 2.80. The molecule has 0 amide bonds. The van der Waals surface area contributed by atoms with E-state index in [0.29, 0.717) is 22.0 Å². The third-order valence-corrected chi connectivity index (χ3v) is 3.10. The van der Waals surface area contributed by atoms with Gasteiger partial charge in [0.1, 0.15) is 17.2 Å². The van der Waals surface area contributed by atoms with Gasteiger partial charge in [0.25, 0.3) is 0 Å². The summed E-state index contributed by atoms with van der Waals surface area (Å²) in [7, 11) is 1.60. The molecule has 0 aliphatic heterocycles. The average molecular weight is 277 g/mol. The smallest absolute Gasteiger partial charge is 0.137 e. The van der Waals surface area contributed by atoms with Gasteiger partial charge in [0, 0.05) is 16.8 Å². The van der Waals surface area contributed by atoms with Gasteiger partial charge in [-0.1, -0.05) is 11.6 Å². The molecule has 3 rings (SSSR count). The van der Waals surface area contributed by atoms with Crippen LogP contribution in [0.15, 0.2) is 42.7 Å². The molecule has 3 nitrogen and oxygen atoms in total. The van der Waals surface area contributed by atoms with Crippen molar-refractivity contribution in [3.63, 3.8) is 0 Å². The summed E-state index contributed by atoms with van der Waals surface area (Å²) in [5, 5.41) is 0.367. The standard InChI is InChI=1S/C14H10ClFN2O/c1-19-10-3-5-14-17-13(8-18(14)7-10)11-4-2-9(15)6-12(11)16/h2-8H,1H3. The minimum absolute atomic E-state index is 0.367. The van der Waals surface area contributed by atoms with Crippen LogP contribution in [0.5, 0.6) is 5.75 Å². The zero-order chi connectivity index (χ0) is 13.4. The summed E-state index contributed by atoms with van der Waals surface area (Å²) in [5.41, 5.74) is 1.71. The first-order valence-corrected chi connectivity index (χ1v) is 6.03. The summed E-state index contributed by atoms with van der Waals surface area (Å²) in [6.07, 6.45) is 3.55. The summed E-state index contributed by atoms with van der Waals surface area (Å²) >= 11 is 5.74. The van der Waals surface area contributed by atoms with Gasteiger partial charge in [0.2, 0.25) is 0 Å². The van der Waals surface area contributed by atoms with Crippen molar-refractivity contribution in [2.75, 3.05) is 7.11 Å². The molecule has 0 spiro atoms. The van der Waals surface area contributed by atoms with Gasteiger partial charge < -0.3 is 9.14 Å². The summed E-state index contributed by atoms with van der Waals surface area (Å²) in [4.78, 5) is 4.37. The fraction of sp³-hybridized carbons (Fsp3) is 0.0714. The third kappa shape index (κ3) is 2.15. The highest BCUT2D eigenvalue weighted by atomic mass is 35.5. The van der Waals surface area contributed by atoms with Crippen molar-refractivity contribution in [2.45, 2.75) is 0 Å². The fourth-order valence-electron chi connectivity index (χ4n) is 1.92. The van der Waals surface area contributed by atoms with Gasteiger partial charge in [-0.15, -0.1) is 0 Å². The molecule has 0 fully saturated rings.